The van der Waals surface area contributed by atoms with Crippen molar-refractivity contribution in [1.29, 1.82) is 0 Å². The Morgan fingerprint density at radius 3 is 2.88 bits per heavy atom. The van der Waals surface area contributed by atoms with Gasteiger partial charge in [0.15, 0.2) is 0 Å². The second-order valence-electron chi connectivity index (χ2n) is 4.63. The van der Waals surface area contributed by atoms with Crippen molar-refractivity contribution in [3.8, 4) is 0 Å². The highest BCUT2D eigenvalue weighted by molar-refractivity contribution is 5.93. The second-order valence-corrected chi connectivity index (χ2v) is 4.63. The third-order valence-corrected chi connectivity index (χ3v) is 3.28. The number of hydrogen-bond donors (Lipinski definition) is 1. The van der Waals surface area contributed by atoms with Crippen molar-refractivity contribution in [2.45, 2.75) is 32.1 Å². The monoisotopic (exact) mass is 234 g/mol. The van der Waals surface area contributed by atoms with Gasteiger partial charge in [0, 0.05) is 6.54 Å². The average molecular weight is 234 g/mol. The molecule has 1 fully saturated rings. The zero-order chi connectivity index (χ0) is 12.1. The van der Waals surface area contributed by atoms with Gasteiger partial charge in [0.1, 0.15) is 5.82 Å². The van der Waals surface area contributed by atoms with Crippen LogP contribution in [0.5, 0.6) is 0 Å². The molecule has 2 rings (SSSR count). The van der Waals surface area contributed by atoms with Gasteiger partial charge in [0.05, 0.1) is 5.56 Å². The smallest absolute Gasteiger partial charge is 0.252 e. The highest BCUT2D eigenvalue weighted by Gasteiger charge is 2.14. The first kappa shape index (κ1) is 12.1. The largest absolute Gasteiger partial charge is 0.352 e. The van der Waals surface area contributed by atoms with Crippen LogP contribution in [0.2, 0.25) is 0 Å². The molecule has 1 aliphatic carbocycles. The molecule has 0 atom stereocenters. The van der Waals surface area contributed by atoms with Crippen LogP contribution in [0.15, 0.2) is 18.2 Å². The van der Waals surface area contributed by atoms with Crippen LogP contribution in [-0.2, 0) is 0 Å². The molecule has 91 valence electrons. The molecule has 1 amide bonds. The standard InChI is InChI=1S/C14H17FNO/c15-13-8-4-7-12(9-13)14(17)16-10-11-5-2-1-3-6-11/h4,8-9,11H,1-3,5-6,10H2,(H,16,17). The molecule has 1 aromatic carbocycles. The number of carbonyl (C=O) groups is 1. The Morgan fingerprint density at radius 2 is 2.18 bits per heavy atom. The van der Waals surface area contributed by atoms with E-state index in [1.54, 1.807) is 0 Å². The first-order valence-electron chi connectivity index (χ1n) is 6.21. The molecule has 0 heterocycles. The van der Waals surface area contributed by atoms with Crippen LogP contribution in [0.1, 0.15) is 42.5 Å². The quantitative estimate of drug-likeness (QED) is 0.856. The molecular weight excluding hydrogens is 217 g/mol. The number of hydrogen-bond acceptors (Lipinski definition) is 1. The summed E-state index contributed by atoms with van der Waals surface area (Å²) in [5.41, 5.74) is 0.279. The maximum Gasteiger partial charge on any atom is 0.252 e. The lowest BCUT2D eigenvalue weighted by molar-refractivity contribution is 0.0943. The van der Waals surface area contributed by atoms with E-state index in [-0.39, 0.29) is 11.5 Å². The first-order valence-corrected chi connectivity index (χ1v) is 6.21. The summed E-state index contributed by atoms with van der Waals surface area (Å²) < 4.78 is 12.9. The summed E-state index contributed by atoms with van der Waals surface area (Å²) in [6, 6.07) is 6.69. The predicted molar refractivity (Wildman–Crippen MR) is 64.1 cm³/mol. The van der Waals surface area contributed by atoms with Crippen molar-refractivity contribution < 1.29 is 9.18 Å². The van der Waals surface area contributed by atoms with E-state index in [1.165, 1.54) is 50.3 Å². The fourth-order valence-electron chi connectivity index (χ4n) is 2.29. The SMILES string of the molecule is O=C(NCC1CCCCC1)c1[c]ccc(F)c1. The molecule has 1 aromatic rings. The molecule has 0 spiro atoms. The molecule has 0 bridgehead atoms. The van der Waals surface area contributed by atoms with Gasteiger partial charge in [-0.05, 0) is 37.0 Å². The number of benzene rings is 1. The minimum atomic E-state index is -0.397. The van der Waals surface area contributed by atoms with E-state index in [1.807, 2.05) is 0 Å². The lowest BCUT2D eigenvalue weighted by atomic mass is 9.89. The topological polar surface area (TPSA) is 29.1 Å². The molecule has 17 heavy (non-hydrogen) atoms. The summed E-state index contributed by atoms with van der Waals surface area (Å²) in [7, 11) is 0. The summed E-state index contributed by atoms with van der Waals surface area (Å²) in [4.78, 5) is 11.7. The van der Waals surface area contributed by atoms with E-state index in [4.69, 9.17) is 0 Å². The van der Waals surface area contributed by atoms with Crippen molar-refractivity contribution in [1.82, 2.24) is 5.32 Å². The van der Waals surface area contributed by atoms with Crippen molar-refractivity contribution in [2.75, 3.05) is 6.54 Å². The molecular formula is C14H17FNO. The van der Waals surface area contributed by atoms with Gasteiger partial charge in [-0.1, -0.05) is 25.3 Å². The lowest BCUT2D eigenvalue weighted by Gasteiger charge is -2.21. The van der Waals surface area contributed by atoms with E-state index in [2.05, 4.69) is 11.4 Å². The van der Waals surface area contributed by atoms with E-state index in [9.17, 15) is 9.18 Å². The zero-order valence-corrected chi connectivity index (χ0v) is 9.84. The van der Waals surface area contributed by atoms with Crippen LogP contribution in [0.25, 0.3) is 0 Å². The summed E-state index contributed by atoms with van der Waals surface area (Å²) in [6.07, 6.45) is 6.20. The molecule has 1 saturated carbocycles. The minimum absolute atomic E-state index is 0.227. The minimum Gasteiger partial charge on any atom is -0.352 e. The molecule has 1 aliphatic rings. The fraction of sp³-hybridized carbons (Fsp3) is 0.500. The summed E-state index contributed by atoms with van der Waals surface area (Å²) in [5, 5.41) is 2.86. The fourth-order valence-corrected chi connectivity index (χ4v) is 2.29. The van der Waals surface area contributed by atoms with E-state index >= 15 is 0 Å². The molecule has 0 aromatic heterocycles. The third-order valence-electron chi connectivity index (χ3n) is 3.28. The van der Waals surface area contributed by atoms with Gasteiger partial charge in [0.2, 0.25) is 0 Å². The number of carbonyl (C=O) groups excluding carboxylic acids is 1. The molecule has 2 nitrogen and oxygen atoms in total. The first-order chi connectivity index (χ1) is 8.25. The summed E-state index contributed by atoms with van der Waals surface area (Å²) in [5.74, 6) is -0.0390. The Bertz CT molecular complexity index is 386. The van der Waals surface area contributed by atoms with Crippen LogP contribution < -0.4 is 5.32 Å². The van der Waals surface area contributed by atoms with Gasteiger partial charge in [-0.2, -0.15) is 0 Å². The van der Waals surface area contributed by atoms with Gasteiger partial charge in [-0.3, -0.25) is 4.79 Å². The van der Waals surface area contributed by atoms with Gasteiger partial charge < -0.3 is 5.32 Å². The molecule has 3 heteroatoms. The highest BCUT2D eigenvalue weighted by atomic mass is 19.1. The maximum absolute atomic E-state index is 12.9. The Hall–Kier alpha value is -1.38. The number of halogens is 1. The third kappa shape index (κ3) is 3.55. The van der Waals surface area contributed by atoms with Crippen LogP contribution in [-0.4, -0.2) is 12.5 Å². The Labute approximate surface area is 101 Å². The van der Waals surface area contributed by atoms with E-state index < -0.39 is 5.82 Å². The van der Waals surface area contributed by atoms with Crippen molar-refractivity contribution in [2.24, 2.45) is 5.92 Å². The predicted octanol–water partition coefficient (Wildman–Crippen LogP) is 2.94. The second kappa shape index (κ2) is 5.80. The maximum atomic E-state index is 12.9. The van der Waals surface area contributed by atoms with Gasteiger partial charge in [0.25, 0.3) is 5.91 Å². The molecule has 0 unspecified atom stereocenters. The molecule has 1 radical (unpaired) electrons. The summed E-state index contributed by atoms with van der Waals surface area (Å²) in [6.45, 7) is 0.698. The average Bonchev–Trinajstić information content (AvgIpc) is 2.37. The van der Waals surface area contributed by atoms with Gasteiger partial charge in [-0.15, -0.1) is 0 Å². The van der Waals surface area contributed by atoms with Crippen molar-refractivity contribution in [3.05, 3.63) is 35.6 Å². The van der Waals surface area contributed by atoms with E-state index in [0.29, 0.717) is 12.5 Å². The number of nitrogens with one attached hydrogen (secondary N) is 1. The molecule has 0 saturated heterocycles. The van der Waals surface area contributed by atoms with Crippen LogP contribution in [0.3, 0.4) is 0 Å². The number of rotatable bonds is 3. The van der Waals surface area contributed by atoms with Crippen LogP contribution >= 0.6 is 0 Å². The van der Waals surface area contributed by atoms with Crippen LogP contribution in [0.4, 0.5) is 4.39 Å². The van der Waals surface area contributed by atoms with Crippen molar-refractivity contribution in [3.63, 3.8) is 0 Å². The highest BCUT2D eigenvalue weighted by Crippen LogP contribution is 2.22. The Balaban J connectivity index is 1.84. The Kier molecular flexibility index (Phi) is 4.13. The van der Waals surface area contributed by atoms with Gasteiger partial charge >= 0.3 is 0 Å². The number of amides is 1. The van der Waals surface area contributed by atoms with Crippen molar-refractivity contribution >= 4 is 5.91 Å². The normalized spacial score (nSPS) is 16.8. The molecule has 0 aliphatic heterocycles. The zero-order valence-electron chi connectivity index (χ0n) is 9.84. The lowest BCUT2D eigenvalue weighted by Crippen LogP contribution is -2.30. The van der Waals surface area contributed by atoms with Gasteiger partial charge in [-0.25, -0.2) is 4.39 Å². The molecule has 1 N–H and O–H groups in total. The summed E-state index contributed by atoms with van der Waals surface area (Å²) >= 11 is 0. The van der Waals surface area contributed by atoms with Crippen LogP contribution in [0, 0.1) is 17.8 Å². The van der Waals surface area contributed by atoms with E-state index in [0.717, 1.165) is 0 Å². The Morgan fingerprint density at radius 1 is 1.41 bits per heavy atom.